The van der Waals surface area contributed by atoms with Crippen LogP contribution >= 0.6 is 15.9 Å². The molecule has 0 bridgehead atoms. The molecule has 6 heteroatoms. The number of rotatable bonds is 2. The second-order valence-electron chi connectivity index (χ2n) is 5.13. The Morgan fingerprint density at radius 2 is 2.00 bits per heavy atom. The predicted octanol–water partition coefficient (Wildman–Crippen LogP) is 2.08. The van der Waals surface area contributed by atoms with Crippen LogP contribution in [0.1, 0.15) is 12.5 Å². The minimum atomic E-state index is -3.41. The molecule has 0 aliphatic carbocycles. The first-order valence-electron chi connectivity index (χ1n) is 6.29. The molecule has 2 rings (SSSR count). The maximum atomic E-state index is 12.6. The topological polar surface area (TPSA) is 40.6 Å². The Morgan fingerprint density at radius 1 is 1.32 bits per heavy atom. The Bertz CT molecular complexity index is 574. The van der Waals surface area contributed by atoms with E-state index in [1.165, 1.54) is 0 Å². The molecule has 1 aromatic rings. The van der Waals surface area contributed by atoms with E-state index in [2.05, 4.69) is 20.8 Å². The number of benzene rings is 1. The van der Waals surface area contributed by atoms with Crippen LogP contribution in [0.15, 0.2) is 27.6 Å². The Hall–Kier alpha value is -0.430. The first kappa shape index (κ1) is 15.0. The fourth-order valence-electron chi connectivity index (χ4n) is 2.19. The third-order valence-electron chi connectivity index (χ3n) is 3.63. The minimum absolute atomic E-state index is 0.243. The monoisotopic (exact) mass is 346 g/mol. The van der Waals surface area contributed by atoms with Crippen LogP contribution in [0, 0.1) is 6.92 Å². The highest BCUT2D eigenvalue weighted by atomic mass is 79.9. The van der Waals surface area contributed by atoms with Gasteiger partial charge in [0.05, 0.1) is 4.90 Å². The van der Waals surface area contributed by atoms with E-state index in [1.807, 2.05) is 33.0 Å². The van der Waals surface area contributed by atoms with E-state index >= 15 is 0 Å². The van der Waals surface area contributed by atoms with Crippen LogP contribution in [-0.4, -0.2) is 50.3 Å². The van der Waals surface area contributed by atoms with Gasteiger partial charge in [0.15, 0.2) is 0 Å². The van der Waals surface area contributed by atoms with E-state index in [1.54, 1.807) is 10.4 Å². The van der Waals surface area contributed by atoms with Gasteiger partial charge in [-0.2, -0.15) is 4.31 Å². The molecule has 1 unspecified atom stereocenters. The van der Waals surface area contributed by atoms with Crippen LogP contribution in [0.25, 0.3) is 0 Å². The molecule has 0 aromatic heterocycles. The molecule has 1 aliphatic heterocycles. The molecule has 0 spiro atoms. The van der Waals surface area contributed by atoms with Crippen molar-refractivity contribution in [1.82, 2.24) is 9.21 Å². The number of hydrogen-bond donors (Lipinski definition) is 0. The van der Waals surface area contributed by atoms with Crippen molar-refractivity contribution < 1.29 is 8.42 Å². The van der Waals surface area contributed by atoms with Crippen molar-refractivity contribution in [2.24, 2.45) is 0 Å². The van der Waals surface area contributed by atoms with E-state index in [0.29, 0.717) is 22.5 Å². The summed E-state index contributed by atoms with van der Waals surface area (Å²) in [4.78, 5) is 2.53. The predicted molar refractivity (Wildman–Crippen MR) is 79.7 cm³/mol. The molecule has 0 radical (unpaired) electrons. The van der Waals surface area contributed by atoms with Gasteiger partial charge >= 0.3 is 0 Å². The molecule has 1 atom stereocenters. The molecule has 0 N–H and O–H groups in total. The van der Waals surface area contributed by atoms with Gasteiger partial charge < -0.3 is 4.90 Å². The van der Waals surface area contributed by atoms with Crippen LogP contribution in [0.3, 0.4) is 0 Å². The summed E-state index contributed by atoms with van der Waals surface area (Å²) in [6.45, 7) is 5.84. The third kappa shape index (κ3) is 3.02. The maximum absolute atomic E-state index is 12.6. The minimum Gasteiger partial charge on any atom is -0.301 e. The molecule has 4 nitrogen and oxygen atoms in total. The normalized spacial score (nSPS) is 22.6. The van der Waals surface area contributed by atoms with Crippen LogP contribution in [-0.2, 0) is 10.0 Å². The molecule has 1 aromatic carbocycles. The molecule has 1 aliphatic rings. The third-order valence-corrected chi connectivity index (χ3v) is 6.47. The lowest BCUT2D eigenvalue weighted by atomic mass is 10.2. The highest BCUT2D eigenvalue weighted by Crippen LogP contribution is 2.27. The summed E-state index contributed by atoms with van der Waals surface area (Å²) in [6.07, 6.45) is 0. The molecule has 1 fully saturated rings. The van der Waals surface area contributed by atoms with E-state index in [0.717, 1.165) is 12.1 Å². The molecular weight excluding hydrogens is 328 g/mol. The smallest absolute Gasteiger partial charge is 0.244 e. The molecule has 106 valence electrons. The summed E-state index contributed by atoms with van der Waals surface area (Å²) >= 11 is 3.36. The van der Waals surface area contributed by atoms with E-state index in [4.69, 9.17) is 0 Å². The second-order valence-corrected chi connectivity index (χ2v) is 7.89. The lowest BCUT2D eigenvalue weighted by molar-refractivity contribution is 0.159. The van der Waals surface area contributed by atoms with Crippen molar-refractivity contribution in [3.8, 4) is 0 Å². The van der Waals surface area contributed by atoms with Gasteiger partial charge in [-0.05, 0) is 54.5 Å². The lowest BCUT2D eigenvalue weighted by Gasteiger charge is -2.36. The van der Waals surface area contributed by atoms with Crippen molar-refractivity contribution in [2.75, 3.05) is 26.7 Å². The molecule has 0 saturated carbocycles. The van der Waals surface area contributed by atoms with Gasteiger partial charge in [0, 0.05) is 30.1 Å². The van der Waals surface area contributed by atoms with Gasteiger partial charge in [-0.3, -0.25) is 0 Å². The fourth-order valence-corrected chi connectivity index (χ4v) is 4.85. The summed E-state index contributed by atoms with van der Waals surface area (Å²) in [6, 6.07) is 5.59. The van der Waals surface area contributed by atoms with E-state index in [-0.39, 0.29) is 6.04 Å². The van der Waals surface area contributed by atoms with Crippen molar-refractivity contribution in [2.45, 2.75) is 24.8 Å². The van der Waals surface area contributed by atoms with Gasteiger partial charge in [0.1, 0.15) is 0 Å². The fraction of sp³-hybridized carbons (Fsp3) is 0.538. The number of piperazine rings is 1. The molecule has 0 amide bonds. The van der Waals surface area contributed by atoms with Crippen molar-refractivity contribution >= 4 is 26.0 Å². The summed E-state index contributed by atoms with van der Waals surface area (Å²) in [5, 5.41) is 0. The zero-order valence-corrected chi connectivity index (χ0v) is 13.8. The SMILES string of the molecule is Cc1ccc(S(=O)(=O)N2CCN(C)C(C)C2)c(Br)c1. The average molecular weight is 347 g/mol. The Kier molecular flexibility index (Phi) is 4.35. The number of likely N-dealkylation sites (N-methyl/N-ethyl adjacent to an activating group) is 1. The maximum Gasteiger partial charge on any atom is 0.244 e. The van der Waals surface area contributed by atoms with E-state index < -0.39 is 10.0 Å². The Labute approximate surface area is 123 Å². The largest absolute Gasteiger partial charge is 0.301 e. The van der Waals surface area contributed by atoms with Gasteiger partial charge in [-0.1, -0.05) is 6.07 Å². The number of nitrogens with zero attached hydrogens (tertiary/aromatic N) is 2. The molecule has 19 heavy (non-hydrogen) atoms. The Morgan fingerprint density at radius 3 is 2.58 bits per heavy atom. The molecule has 1 saturated heterocycles. The van der Waals surface area contributed by atoms with Crippen LogP contribution in [0.5, 0.6) is 0 Å². The number of halogens is 1. The Balaban J connectivity index is 2.32. The second kappa shape index (κ2) is 5.52. The first-order valence-corrected chi connectivity index (χ1v) is 8.52. The lowest BCUT2D eigenvalue weighted by Crippen LogP contribution is -2.51. The van der Waals surface area contributed by atoms with Gasteiger partial charge in [0.25, 0.3) is 0 Å². The summed E-state index contributed by atoms with van der Waals surface area (Å²) in [5.74, 6) is 0. The summed E-state index contributed by atoms with van der Waals surface area (Å²) in [5.41, 5.74) is 1.04. The first-order chi connectivity index (χ1) is 8.82. The standard InChI is InChI=1S/C13H19BrN2O2S/c1-10-4-5-13(12(14)8-10)19(17,18)16-7-6-15(3)11(2)9-16/h4-5,8,11H,6-7,9H2,1-3H3. The van der Waals surface area contributed by atoms with Crippen LogP contribution < -0.4 is 0 Å². The van der Waals surface area contributed by atoms with Gasteiger partial charge in [-0.25, -0.2) is 8.42 Å². The van der Waals surface area contributed by atoms with Gasteiger partial charge in [0.2, 0.25) is 10.0 Å². The highest BCUT2D eigenvalue weighted by molar-refractivity contribution is 9.10. The summed E-state index contributed by atoms with van der Waals surface area (Å²) < 4.78 is 27.5. The van der Waals surface area contributed by atoms with Crippen molar-refractivity contribution in [3.63, 3.8) is 0 Å². The quantitative estimate of drug-likeness (QED) is 0.823. The molecule has 1 heterocycles. The van der Waals surface area contributed by atoms with Crippen molar-refractivity contribution in [1.29, 1.82) is 0 Å². The molecular formula is C13H19BrN2O2S. The zero-order chi connectivity index (χ0) is 14.2. The van der Waals surface area contributed by atoms with E-state index in [9.17, 15) is 8.42 Å². The van der Waals surface area contributed by atoms with Crippen molar-refractivity contribution in [3.05, 3.63) is 28.2 Å². The van der Waals surface area contributed by atoms with Crippen LogP contribution in [0.4, 0.5) is 0 Å². The van der Waals surface area contributed by atoms with Crippen LogP contribution in [0.2, 0.25) is 0 Å². The highest BCUT2D eigenvalue weighted by Gasteiger charge is 2.31. The number of sulfonamides is 1. The van der Waals surface area contributed by atoms with Gasteiger partial charge in [-0.15, -0.1) is 0 Å². The average Bonchev–Trinajstić information content (AvgIpc) is 2.32. The number of aryl methyl sites for hydroxylation is 1. The summed E-state index contributed by atoms with van der Waals surface area (Å²) in [7, 11) is -1.38. The number of hydrogen-bond acceptors (Lipinski definition) is 3. The zero-order valence-electron chi connectivity index (χ0n) is 11.4.